The van der Waals surface area contributed by atoms with Crippen molar-refractivity contribution in [3.05, 3.63) is 28.8 Å². The first-order valence-corrected chi connectivity index (χ1v) is 6.05. The topological polar surface area (TPSA) is 42.0 Å². The van der Waals surface area contributed by atoms with Crippen LogP contribution >= 0.6 is 11.5 Å². The standard InChI is InChI=1S/C11H14N2OS/c14-11(10-7-13-15-8-10)12-6-9-4-2-1-3-5-9/h4,7-8H,1-3,5-6H2,(H,12,14). The molecule has 1 aliphatic carbocycles. The molecule has 0 saturated carbocycles. The third kappa shape index (κ3) is 2.89. The monoisotopic (exact) mass is 222 g/mol. The van der Waals surface area contributed by atoms with Crippen LogP contribution < -0.4 is 5.32 Å². The Hall–Kier alpha value is -1.16. The molecule has 0 aromatic carbocycles. The summed E-state index contributed by atoms with van der Waals surface area (Å²) in [7, 11) is 0. The van der Waals surface area contributed by atoms with Crippen LogP contribution in [0.3, 0.4) is 0 Å². The van der Waals surface area contributed by atoms with Crippen molar-refractivity contribution in [2.75, 3.05) is 6.54 Å². The zero-order chi connectivity index (χ0) is 10.5. The fourth-order valence-corrected chi connectivity index (χ4v) is 2.19. The van der Waals surface area contributed by atoms with Gasteiger partial charge in [-0.05, 0) is 37.2 Å². The summed E-state index contributed by atoms with van der Waals surface area (Å²) in [6.07, 6.45) is 8.67. The molecule has 80 valence electrons. The second kappa shape index (κ2) is 5.07. The zero-order valence-corrected chi connectivity index (χ0v) is 9.35. The maximum Gasteiger partial charge on any atom is 0.254 e. The van der Waals surface area contributed by atoms with Crippen LogP contribution in [-0.2, 0) is 0 Å². The number of nitrogens with one attached hydrogen (secondary N) is 1. The van der Waals surface area contributed by atoms with E-state index in [4.69, 9.17) is 0 Å². The van der Waals surface area contributed by atoms with Crippen LogP contribution in [0.1, 0.15) is 36.0 Å². The molecule has 15 heavy (non-hydrogen) atoms. The highest BCUT2D eigenvalue weighted by molar-refractivity contribution is 7.03. The summed E-state index contributed by atoms with van der Waals surface area (Å²) >= 11 is 1.30. The van der Waals surface area contributed by atoms with Crippen molar-refractivity contribution in [1.82, 2.24) is 9.69 Å². The molecular formula is C11H14N2OS. The minimum absolute atomic E-state index is 0.0183. The first-order chi connectivity index (χ1) is 7.36. The summed E-state index contributed by atoms with van der Waals surface area (Å²) < 4.78 is 3.90. The quantitative estimate of drug-likeness (QED) is 0.798. The van der Waals surface area contributed by atoms with E-state index in [1.807, 2.05) is 0 Å². The van der Waals surface area contributed by atoms with Gasteiger partial charge < -0.3 is 5.32 Å². The van der Waals surface area contributed by atoms with Crippen molar-refractivity contribution in [1.29, 1.82) is 0 Å². The smallest absolute Gasteiger partial charge is 0.254 e. The maximum atomic E-state index is 11.6. The number of carbonyl (C=O) groups is 1. The average Bonchev–Trinajstić information content (AvgIpc) is 2.81. The SMILES string of the molecule is O=C(NCC1=CCCCC1)c1cnsc1. The van der Waals surface area contributed by atoms with Crippen LogP contribution in [0.15, 0.2) is 23.2 Å². The molecule has 0 aliphatic heterocycles. The number of nitrogens with zero attached hydrogens (tertiary/aromatic N) is 1. The molecule has 0 radical (unpaired) electrons. The number of amides is 1. The van der Waals surface area contributed by atoms with Crippen LogP contribution in [-0.4, -0.2) is 16.8 Å². The Morgan fingerprint density at radius 3 is 3.13 bits per heavy atom. The van der Waals surface area contributed by atoms with E-state index in [2.05, 4.69) is 15.8 Å². The second-order valence-corrected chi connectivity index (χ2v) is 4.36. The highest BCUT2D eigenvalue weighted by atomic mass is 32.1. The average molecular weight is 222 g/mol. The molecule has 4 heteroatoms. The molecule has 0 unspecified atom stereocenters. The zero-order valence-electron chi connectivity index (χ0n) is 8.53. The van der Waals surface area contributed by atoms with Gasteiger partial charge in [-0.3, -0.25) is 4.79 Å². The summed E-state index contributed by atoms with van der Waals surface area (Å²) in [6.45, 7) is 0.689. The molecule has 1 N–H and O–H groups in total. The molecule has 1 aliphatic rings. The normalized spacial score (nSPS) is 15.9. The van der Waals surface area contributed by atoms with Gasteiger partial charge in [0.25, 0.3) is 5.91 Å². The van der Waals surface area contributed by atoms with E-state index in [1.54, 1.807) is 11.6 Å². The summed E-state index contributed by atoms with van der Waals surface area (Å²) in [5, 5.41) is 4.68. The lowest BCUT2D eigenvalue weighted by Crippen LogP contribution is -2.25. The third-order valence-electron chi connectivity index (χ3n) is 2.56. The second-order valence-electron chi connectivity index (χ2n) is 3.70. The van der Waals surface area contributed by atoms with Crippen LogP contribution in [0.4, 0.5) is 0 Å². The Balaban J connectivity index is 1.83. The van der Waals surface area contributed by atoms with E-state index in [0.29, 0.717) is 12.1 Å². The van der Waals surface area contributed by atoms with Gasteiger partial charge in [0.2, 0.25) is 0 Å². The van der Waals surface area contributed by atoms with Crippen molar-refractivity contribution < 1.29 is 4.79 Å². The fourth-order valence-electron chi connectivity index (χ4n) is 1.68. The summed E-state index contributed by atoms with van der Waals surface area (Å²) in [4.78, 5) is 11.6. The van der Waals surface area contributed by atoms with Crippen molar-refractivity contribution >= 4 is 17.4 Å². The molecule has 0 spiro atoms. The maximum absolute atomic E-state index is 11.6. The number of allylic oxidation sites excluding steroid dienone is 1. The molecule has 1 aromatic rings. The molecule has 1 amide bonds. The molecule has 0 saturated heterocycles. The molecule has 0 bridgehead atoms. The van der Waals surface area contributed by atoms with E-state index >= 15 is 0 Å². The van der Waals surface area contributed by atoms with Crippen LogP contribution in [0, 0.1) is 0 Å². The third-order valence-corrected chi connectivity index (χ3v) is 3.14. The Morgan fingerprint density at radius 2 is 2.47 bits per heavy atom. The predicted octanol–water partition coefficient (Wildman–Crippen LogP) is 2.37. The fraction of sp³-hybridized carbons (Fsp3) is 0.455. The van der Waals surface area contributed by atoms with Gasteiger partial charge in [0.1, 0.15) is 0 Å². The summed E-state index contributed by atoms with van der Waals surface area (Å²) in [6, 6.07) is 0. The summed E-state index contributed by atoms with van der Waals surface area (Å²) in [5.74, 6) is -0.0183. The van der Waals surface area contributed by atoms with Gasteiger partial charge in [-0.15, -0.1) is 0 Å². The molecule has 3 nitrogen and oxygen atoms in total. The van der Waals surface area contributed by atoms with E-state index in [-0.39, 0.29) is 5.91 Å². The number of hydrogen-bond donors (Lipinski definition) is 1. The molecule has 1 heterocycles. The molecule has 1 aromatic heterocycles. The van der Waals surface area contributed by atoms with Crippen molar-refractivity contribution in [2.45, 2.75) is 25.7 Å². The van der Waals surface area contributed by atoms with Crippen LogP contribution in [0.2, 0.25) is 0 Å². The van der Waals surface area contributed by atoms with Gasteiger partial charge in [0, 0.05) is 11.9 Å². The van der Waals surface area contributed by atoms with Crippen molar-refractivity contribution in [3.8, 4) is 0 Å². The number of aromatic nitrogens is 1. The van der Waals surface area contributed by atoms with Gasteiger partial charge in [0.05, 0.1) is 11.8 Å². The number of hydrogen-bond acceptors (Lipinski definition) is 3. The van der Waals surface area contributed by atoms with Gasteiger partial charge in [-0.1, -0.05) is 11.6 Å². The van der Waals surface area contributed by atoms with Gasteiger partial charge in [-0.2, -0.15) is 0 Å². The Bertz CT molecular complexity index is 357. The van der Waals surface area contributed by atoms with E-state index < -0.39 is 0 Å². The molecule has 0 atom stereocenters. The minimum atomic E-state index is -0.0183. The lowest BCUT2D eigenvalue weighted by molar-refractivity contribution is 0.0957. The lowest BCUT2D eigenvalue weighted by Gasteiger charge is -2.12. The molecule has 0 fully saturated rings. The van der Waals surface area contributed by atoms with E-state index in [0.717, 1.165) is 12.8 Å². The van der Waals surface area contributed by atoms with Crippen LogP contribution in [0.25, 0.3) is 0 Å². The van der Waals surface area contributed by atoms with Gasteiger partial charge >= 0.3 is 0 Å². The lowest BCUT2D eigenvalue weighted by atomic mass is 10.00. The molecular weight excluding hydrogens is 208 g/mol. The Kier molecular flexibility index (Phi) is 3.50. The largest absolute Gasteiger partial charge is 0.348 e. The Morgan fingerprint density at radius 1 is 1.53 bits per heavy atom. The van der Waals surface area contributed by atoms with E-state index in [1.165, 1.54) is 29.9 Å². The highest BCUT2D eigenvalue weighted by Gasteiger charge is 2.08. The van der Waals surface area contributed by atoms with Gasteiger partial charge in [0.15, 0.2) is 0 Å². The summed E-state index contributed by atoms with van der Waals surface area (Å²) in [5.41, 5.74) is 2.02. The van der Waals surface area contributed by atoms with Crippen molar-refractivity contribution in [3.63, 3.8) is 0 Å². The number of rotatable bonds is 3. The molecule has 2 rings (SSSR count). The van der Waals surface area contributed by atoms with E-state index in [9.17, 15) is 4.79 Å². The van der Waals surface area contributed by atoms with Crippen LogP contribution in [0.5, 0.6) is 0 Å². The number of carbonyl (C=O) groups excluding carboxylic acids is 1. The minimum Gasteiger partial charge on any atom is -0.348 e. The Labute approximate surface area is 93.4 Å². The first-order valence-electron chi connectivity index (χ1n) is 5.22. The first kappa shape index (κ1) is 10.4. The predicted molar refractivity (Wildman–Crippen MR) is 61.0 cm³/mol. The van der Waals surface area contributed by atoms with Gasteiger partial charge in [-0.25, -0.2) is 4.37 Å². The van der Waals surface area contributed by atoms with Crippen molar-refractivity contribution in [2.24, 2.45) is 0 Å². The highest BCUT2D eigenvalue weighted by Crippen LogP contribution is 2.16.